The van der Waals surface area contributed by atoms with Gasteiger partial charge in [0, 0.05) is 24.2 Å². The molecule has 0 spiro atoms. The average Bonchev–Trinajstić information content (AvgIpc) is 2.83. The van der Waals surface area contributed by atoms with Crippen molar-refractivity contribution in [1.82, 2.24) is 15.0 Å². The second-order valence-electron chi connectivity index (χ2n) is 3.69. The first-order chi connectivity index (χ1) is 8.84. The summed E-state index contributed by atoms with van der Waals surface area (Å²) in [5.41, 5.74) is 8.45. The molecule has 0 bridgehead atoms. The fraction of sp³-hybridized carbons (Fsp3) is 0. The quantitative estimate of drug-likeness (QED) is 0.763. The molecule has 0 saturated carbocycles. The van der Waals surface area contributed by atoms with Crippen molar-refractivity contribution in [1.29, 1.82) is 0 Å². The second kappa shape index (κ2) is 4.54. The average molecular weight is 254 g/mol. The van der Waals surface area contributed by atoms with E-state index in [1.165, 1.54) is 11.3 Å². The Balaban J connectivity index is 2.17. The monoisotopic (exact) mass is 254 g/mol. The molecule has 0 fully saturated rings. The highest BCUT2D eigenvalue weighted by atomic mass is 32.1. The van der Waals surface area contributed by atoms with Gasteiger partial charge in [0.1, 0.15) is 5.69 Å². The van der Waals surface area contributed by atoms with Crippen LogP contribution in [-0.4, -0.2) is 15.0 Å². The van der Waals surface area contributed by atoms with Crippen LogP contribution in [0.1, 0.15) is 0 Å². The summed E-state index contributed by atoms with van der Waals surface area (Å²) in [7, 11) is 0. The third kappa shape index (κ3) is 1.96. The fourth-order valence-corrected chi connectivity index (χ4v) is 2.54. The maximum atomic E-state index is 5.81. The summed E-state index contributed by atoms with van der Waals surface area (Å²) in [5, 5.41) is 0.537. The summed E-state index contributed by atoms with van der Waals surface area (Å²) >= 11 is 1.45. The third-order valence-corrected chi connectivity index (χ3v) is 3.41. The summed E-state index contributed by atoms with van der Waals surface area (Å²) in [6.45, 7) is 0. The number of nitrogens with two attached hydrogens (primary N) is 1. The summed E-state index contributed by atoms with van der Waals surface area (Å²) in [5.74, 6) is 0. The molecule has 18 heavy (non-hydrogen) atoms. The maximum absolute atomic E-state index is 5.81. The molecular weight excluding hydrogens is 244 g/mol. The standard InChI is InChI=1S/C13H10N4S/c14-13-17-11(10-5-1-2-7-16-10)12(18-13)9-4-3-6-15-8-9/h1-8H,(H2,14,17). The van der Waals surface area contributed by atoms with E-state index in [9.17, 15) is 0 Å². The van der Waals surface area contributed by atoms with Crippen LogP contribution in [0.3, 0.4) is 0 Å². The smallest absolute Gasteiger partial charge is 0.181 e. The summed E-state index contributed by atoms with van der Waals surface area (Å²) in [4.78, 5) is 13.8. The van der Waals surface area contributed by atoms with Crippen LogP contribution in [0.5, 0.6) is 0 Å². The largest absolute Gasteiger partial charge is 0.375 e. The Morgan fingerprint density at radius 3 is 2.72 bits per heavy atom. The predicted octanol–water partition coefficient (Wildman–Crippen LogP) is 2.85. The fourth-order valence-electron chi connectivity index (χ4n) is 1.71. The van der Waals surface area contributed by atoms with Crippen LogP contribution < -0.4 is 5.73 Å². The molecule has 88 valence electrons. The van der Waals surface area contributed by atoms with Crippen molar-refractivity contribution in [2.75, 3.05) is 5.73 Å². The van der Waals surface area contributed by atoms with E-state index in [0.29, 0.717) is 5.13 Å². The molecule has 0 aliphatic heterocycles. The van der Waals surface area contributed by atoms with Crippen LogP contribution in [0.15, 0.2) is 48.9 Å². The molecule has 3 rings (SSSR count). The lowest BCUT2D eigenvalue weighted by atomic mass is 10.1. The van der Waals surface area contributed by atoms with E-state index in [1.54, 1.807) is 18.6 Å². The van der Waals surface area contributed by atoms with Gasteiger partial charge in [0.05, 0.1) is 10.6 Å². The van der Waals surface area contributed by atoms with E-state index in [0.717, 1.165) is 21.8 Å². The summed E-state index contributed by atoms with van der Waals surface area (Å²) < 4.78 is 0. The van der Waals surface area contributed by atoms with Crippen LogP contribution in [0.2, 0.25) is 0 Å². The number of rotatable bonds is 2. The second-order valence-corrected chi connectivity index (χ2v) is 4.72. The van der Waals surface area contributed by atoms with Gasteiger partial charge in [-0.15, -0.1) is 0 Å². The normalized spacial score (nSPS) is 10.4. The first kappa shape index (κ1) is 10.9. The molecule has 0 unspecified atom stereocenters. The van der Waals surface area contributed by atoms with Gasteiger partial charge in [0.2, 0.25) is 0 Å². The molecule has 5 heteroatoms. The highest BCUT2D eigenvalue weighted by Gasteiger charge is 2.14. The minimum absolute atomic E-state index is 0.537. The van der Waals surface area contributed by atoms with Gasteiger partial charge in [0.15, 0.2) is 5.13 Å². The number of aromatic nitrogens is 3. The lowest BCUT2D eigenvalue weighted by Gasteiger charge is -2.00. The van der Waals surface area contributed by atoms with Crippen LogP contribution in [0.4, 0.5) is 5.13 Å². The molecule has 2 N–H and O–H groups in total. The van der Waals surface area contributed by atoms with Crippen LogP contribution in [0.25, 0.3) is 21.8 Å². The van der Waals surface area contributed by atoms with E-state index in [1.807, 2.05) is 30.3 Å². The molecule has 4 nitrogen and oxygen atoms in total. The summed E-state index contributed by atoms with van der Waals surface area (Å²) in [6.07, 6.45) is 5.30. The van der Waals surface area contributed by atoms with Gasteiger partial charge >= 0.3 is 0 Å². The number of pyridine rings is 2. The predicted molar refractivity (Wildman–Crippen MR) is 73.0 cm³/mol. The molecule has 0 aliphatic rings. The van der Waals surface area contributed by atoms with Crippen molar-refractivity contribution >= 4 is 16.5 Å². The van der Waals surface area contributed by atoms with E-state index < -0.39 is 0 Å². The third-order valence-electron chi connectivity index (χ3n) is 2.47. The van der Waals surface area contributed by atoms with Gasteiger partial charge < -0.3 is 5.73 Å². The Bertz CT molecular complexity index is 592. The topological polar surface area (TPSA) is 64.7 Å². The highest BCUT2D eigenvalue weighted by molar-refractivity contribution is 7.19. The maximum Gasteiger partial charge on any atom is 0.181 e. The molecular formula is C13H10N4S. The molecule has 3 heterocycles. The van der Waals surface area contributed by atoms with Crippen molar-refractivity contribution in [3.8, 4) is 21.8 Å². The zero-order chi connectivity index (χ0) is 12.4. The van der Waals surface area contributed by atoms with Crippen molar-refractivity contribution < 1.29 is 0 Å². The Labute approximate surface area is 108 Å². The lowest BCUT2D eigenvalue weighted by molar-refractivity contribution is 1.28. The van der Waals surface area contributed by atoms with Crippen molar-refractivity contribution in [3.63, 3.8) is 0 Å². The Hall–Kier alpha value is -2.27. The first-order valence-electron chi connectivity index (χ1n) is 5.43. The number of nitrogens with zero attached hydrogens (tertiary/aromatic N) is 3. The Morgan fingerprint density at radius 2 is 2.00 bits per heavy atom. The lowest BCUT2D eigenvalue weighted by Crippen LogP contribution is -1.87. The van der Waals surface area contributed by atoms with E-state index >= 15 is 0 Å². The van der Waals surface area contributed by atoms with Crippen molar-refractivity contribution in [2.45, 2.75) is 0 Å². The van der Waals surface area contributed by atoms with Gasteiger partial charge in [-0.3, -0.25) is 9.97 Å². The van der Waals surface area contributed by atoms with Gasteiger partial charge in [-0.25, -0.2) is 4.98 Å². The van der Waals surface area contributed by atoms with Gasteiger partial charge in [0.25, 0.3) is 0 Å². The Kier molecular flexibility index (Phi) is 2.74. The molecule has 0 radical (unpaired) electrons. The SMILES string of the molecule is Nc1nc(-c2ccccn2)c(-c2cccnc2)s1. The zero-order valence-electron chi connectivity index (χ0n) is 9.45. The Morgan fingerprint density at radius 1 is 1.06 bits per heavy atom. The van der Waals surface area contributed by atoms with E-state index in [4.69, 9.17) is 5.73 Å². The number of hydrogen-bond donors (Lipinski definition) is 1. The summed E-state index contributed by atoms with van der Waals surface area (Å²) in [6, 6.07) is 9.63. The van der Waals surface area contributed by atoms with Gasteiger partial charge in [-0.1, -0.05) is 23.5 Å². The number of anilines is 1. The van der Waals surface area contributed by atoms with Gasteiger partial charge in [-0.2, -0.15) is 0 Å². The number of thiazole rings is 1. The van der Waals surface area contributed by atoms with E-state index in [2.05, 4.69) is 15.0 Å². The van der Waals surface area contributed by atoms with Gasteiger partial charge in [-0.05, 0) is 18.2 Å². The van der Waals surface area contributed by atoms with Crippen LogP contribution >= 0.6 is 11.3 Å². The van der Waals surface area contributed by atoms with E-state index in [-0.39, 0.29) is 0 Å². The highest BCUT2D eigenvalue weighted by Crippen LogP contribution is 2.36. The minimum Gasteiger partial charge on any atom is -0.375 e. The zero-order valence-corrected chi connectivity index (χ0v) is 10.3. The van der Waals surface area contributed by atoms with Crippen molar-refractivity contribution in [3.05, 3.63) is 48.9 Å². The molecule has 3 aromatic rings. The molecule has 0 aliphatic carbocycles. The number of nitrogen functional groups attached to an aromatic ring is 1. The number of hydrogen-bond acceptors (Lipinski definition) is 5. The molecule has 0 aromatic carbocycles. The molecule has 0 atom stereocenters. The first-order valence-corrected chi connectivity index (χ1v) is 6.24. The molecule has 0 amide bonds. The van der Waals surface area contributed by atoms with Crippen LogP contribution in [-0.2, 0) is 0 Å². The molecule has 3 aromatic heterocycles. The van der Waals surface area contributed by atoms with Crippen LogP contribution in [0, 0.1) is 0 Å². The van der Waals surface area contributed by atoms with Crippen molar-refractivity contribution in [2.24, 2.45) is 0 Å². The molecule has 0 saturated heterocycles. The minimum atomic E-state index is 0.537.